The van der Waals surface area contributed by atoms with Gasteiger partial charge in [-0.2, -0.15) is 13.2 Å². The Morgan fingerprint density at radius 3 is 2.57 bits per heavy atom. The Morgan fingerprint density at radius 2 is 1.97 bits per heavy atom. The number of esters is 1. The molecule has 1 aliphatic heterocycles. The summed E-state index contributed by atoms with van der Waals surface area (Å²) in [5.74, 6) is -0.358. The van der Waals surface area contributed by atoms with Crippen molar-refractivity contribution in [2.24, 2.45) is 5.92 Å². The van der Waals surface area contributed by atoms with E-state index in [4.69, 9.17) is 4.74 Å². The van der Waals surface area contributed by atoms with E-state index in [0.717, 1.165) is 18.6 Å². The number of nitrogens with zero attached hydrogens (tertiary/aromatic N) is 3. The second-order valence-corrected chi connectivity index (χ2v) is 8.16. The molecule has 0 bridgehead atoms. The number of methoxy groups -OCH3 is 1. The van der Waals surface area contributed by atoms with E-state index in [-0.39, 0.29) is 23.5 Å². The number of hydrogen-bond acceptors (Lipinski definition) is 5. The number of fused-ring (bicyclic) bond motifs is 1. The van der Waals surface area contributed by atoms with Gasteiger partial charge in [-0.15, -0.1) is 0 Å². The van der Waals surface area contributed by atoms with Crippen molar-refractivity contribution < 1.29 is 27.5 Å². The predicted octanol–water partition coefficient (Wildman–Crippen LogP) is 3.97. The van der Waals surface area contributed by atoms with Crippen LogP contribution >= 0.6 is 11.8 Å². The number of hydrogen-bond donors (Lipinski definition) is 0. The van der Waals surface area contributed by atoms with Crippen LogP contribution in [0.25, 0.3) is 11.0 Å². The third-order valence-corrected chi connectivity index (χ3v) is 6.16. The topological polar surface area (TPSA) is 64.4 Å². The van der Waals surface area contributed by atoms with Crippen molar-refractivity contribution in [1.82, 2.24) is 14.5 Å². The first-order valence-corrected chi connectivity index (χ1v) is 10.8. The maximum atomic E-state index is 13.1. The van der Waals surface area contributed by atoms with Crippen molar-refractivity contribution in [3.05, 3.63) is 23.8 Å². The summed E-state index contributed by atoms with van der Waals surface area (Å²) in [7, 11) is 1.36. The molecule has 6 nitrogen and oxygen atoms in total. The number of alkyl halides is 3. The standard InChI is InChI=1S/C20H24F3N3O3S/c1-3-8-26-16-11-14(20(21,22)23)4-5-15(16)24-19(26)30-12-17(27)25-9-6-13(7-10-25)18(28)29-2/h4-5,11,13H,3,6-10,12H2,1-2H3. The first kappa shape index (κ1) is 22.5. The molecule has 0 spiro atoms. The van der Waals surface area contributed by atoms with Crippen LogP contribution in [-0.2, 0) is 27.0 Å². The molecule has 10 heteroatoms. The SMILES string of the molecule is CCCn1c(SCC(=O)N2CCC(C(=O)OC)CC2)nc2ccc(C(F)(F)F)cc21. The van der Waals surface area contributed by atoms with E-state index < -0.39 is 11.7 Å². The van der Waals surface area contributed by atoms with Gasteiger partial charge in [-0.1, -0.05) is 18.7 Å². The Morgan fingerprint density at radius 1 is 1.27 bits per heavy atom. The zero-order valence-corrected chi connectivity index (χ0v) is 17.7. The van der Waals surface area contributed by atoms with Gasteiger partial charge in [0.25, 0.3) is 0 Å². The molecule has 0 aliphatic carbocycles. The van der Waals surface area contributed by atoms with Crippen LogP contribution in [-0.4, -0.2) is 52.3 Å². The minimum absolute atomic E-state index is 0.0746. The minimum Gasteiger partial charge on any atom is -0.469 e. The number of aromatic nitrogens is 2. The van der Waals surface area contributed by atoms with E-state index >= 15 is 0 Å². The van der Waals surface area contributed by atoms with Crippen molar-refractivity contribution >= 4 is 34.7 Å². The lowest BCUT2D eigenvalue weighted by Gasteiger charge is -2.30. The van der Waals surface area contributed by atoms with Crippen molar-refractivity contribution in [1.29, 1.82) is 0 Å². The van der Waals surface area contributed by atoms with Gasteiger partial charge in [-0.25, -0.2) is 4.98 Å². The first-order chi connectivity index (χ1) is 14.2. The van der Waals surface area contributed by atoms with E-state index in [1.54, 1.807) is 9.47 Å². The number of thioether (sulfide) groups is 1. The molecule has 0 saturated carbocycles. The van der Waals surface area contributed by atoms with Crippen LogP contribution in [0.5, 0.6) is 0 Å². The van der Waals surface area contributed by atoms with Gasteiger partial charge < -0.3 is 14.2 Å². The van der Waals surface area contributed by atoms with Crippen molar-refractivity contribution in [3.8, 4) is 0 Å². The number of benzene rings is 1. The smallest absolute Gasteiger partial charge is 0.416 e. The maximum absolute atomic E-state index is 13.1. The van der Waals surface area contributed by atoms with Crippen LogP contribution in [0.3, 0.4) is 0 Å². The molecule has 2 heterocycles. The number of likely N-dealkylation sites (tertiary alicyclic amines) is 1. The number of amides is 1. The summed E-state index contributed by atoms with van der Waals surface area (Å²) in [6, 6.07) is 3.51. The third-order valence-electron chi connectivity index (χ3n) is 5.19. The van der Waals surface area contributed by atoms with Crippen LogP contribution in [0.15, 0.2) is 23.4 Å². The van der Waals surface area contributed by atoms with E-state index in [9.17, 15) is 22.8 Å². The molecule has 0 unspecified atom stereocenters. The summed E-state index contributed by atoms with van der Waals surface area (Å²) in [5.41, 5.74) is 0.180. The molecular weight excluding hydrogens is 419 g/mol. The van der Waals surface area contributed by atoms with Gasteiger partial charge >= 0.3 is 12.1 Å². The number of piperidine rings is 1. The highest BCUT2D eigenvalue weighted by molar-refractivity contribution is 7.99. The Balaban J connectivity index is 1.70. The summed E-state index contributed by atoms with van der Waals surface area (Å²) >= 11 is 1.23. The third kappa shape index (κ3) is 4.91. The number of rotatable bonds is 6. The summed E-state index contributed by atoms with van der Waals surface area (Å²) in [5, 5.41) is 0.531. The quantitative estimate of drug-likeness (QED) is 0.499. The molecule has 1 fully saturated rings. The van der Waals surface area contributed by atoms with Gasteiger partial charge in [-0.3, -0.25) is 9.59 Å². The van der Waals surface area contributed by atoms with E-state index in [2.05, 4.69) is 4.98 Å². The summed E-state index contributed by atoms with van der Waals surface area (Å²) in [6.45, 7) is 3.42. The molecule has 1 aliphatic rings. The number of ether oxygens (including phenoxy) is 1. The number of halogens is 3. The number of imidazole rings is 1. The lowest BCUT2D eigenvalue weighted by molar-refractivity contribution is -0.148. The van der Waals surface area contributed by atoms with Gasteiger partial charge in [0.1, 0.15) is 0 Å². The van der Waals surface area contributed by atoms with Crippen LogP contribution < -0.4 is 0 Å². The number of carbonyl (C=O) groups is 2. The molecule has 0 N–H and O–H groups in total. The summed E-state index contributed by atoms with van der Waals surface area (Å²) in [6.07, 6.45) is -2.56. The first-order valence-electron chi connectivity index (χ1n) is 9.80. The molecule has 0 atom stereocenters. The van der Waals surface area contributed by atoms with Crippen molar-refractivity contribution in [3.63, 3.8) is 0 Å². The van der Waals surface area contributed by atoms with Crippen molar-refractivity contribution in [2.75, 3.05) is 26.0 Å². The Bertz CT molecular complexity index is 921. The normalized spacial score (nSPS) is 15.6. The zero-order chi connectivity index (χ0) is 21.9. The average Bonchev–Trinajstić information content (AvgIpc) is 3.08. The highest BCUT2D eigenvalue weighted by Gasteiger charge is 2.31. The number of carbonyl (C=O) groups excluding carboxylic acids is 2. The van der Waals surface area contributed by atoms with Gasteiger partial charge in [0.2, 0.25) is 5.91 Å². The molecular formula is C20H24F3N3O3S. The summed E-state index contributed by atoms with van der Waals surface area (Å²) < 4.78 is 45.8. The average molecular weight is 443 g/mol. The highest BCUT2D eigenvalue weighted by Crippen LogP contribution is 2.33. The van der Waals surface area contributed by atoms with Crippen LogP contribution in [0.4, 0.5) is 13.2 Å². The second kappa shape index (κ2) is 9.28. The Labute approximate surface area is 176 Å². The maximum Gasteiger partial charge on any atom is 0.416 e. The number of aryl methyl sites for hydroxylation is 1. The van der Waals surface area contributed by atoms with E-state index in [1.165, 1.54) is 24.9 Å². The van der Waals surface area contributed by atoms with Gasteiger partial charge in [-0.05, 0) is 37.5 Å². The molecule has 2 aromatic rings. The minimum atomic E-state index is -4.42. The molecule has 0 radical (unpaired) electrons. The monoisotopic (exact) mass is 443 g/mol. The Kier molecular flexibility index (Phi) is 6.95. The highest BCUT2D eigenvalue weighted by atomic mass is 32.2. The van der Waals surface area contributed by atoms with E-state index in [1.807, 2.05) is 6.92 Å². The molecule has 164 valence electrons. The van der Waals surface area contributed by atoms with Crippen LogP contribution in [0, 0.1) is 5.92 Å². The van der Waals surface area contributed by atoms with Gasteiger partial charge in [0.15, 0.2) is 5.16 Å². The lowest BCUT2D eigenvalue weighted by Crippen LogP contribution is -2.41. The fraction of sp³-hybridized carbons (Fsp3) is 0.550. The van der Waals surface area contributed by atoms with Gasteiger partial charge in [0, 0.05) is 19.6 Å². The molecule has 1 amide bonds. The molecule has 1 aromatic carbocycles. The molecule has 3 rings (SSSR count). The van der Waals surface area contributed by atoms with E-state index in [0.29, 0.717) is 48.7 Å². The molecule has 1 saturated heterocycles. The fourth-order valence-electron chi connectivity index (χ4n) is 3.58. The molecule has 30 heavy (non-hydrogen) atoms. The fourth-order valence-corrected chi connectivity index (χ4v) is 4.52. The Hall–Kier alpha value is -2.23. The second-order valence-electron chi connectivity index (χ2n) is 7.21. The zero-order valence-electron chi connectivity index (χ0n) is 16.9. The van der Waals surface area contributed by atoms with Gasteiger partial charge in [0.05, 0.1) is 35.4 Å². The molecule has 1 aromatic heterocycles. The predicted molar refractivity (Wildman–Crippen MR) is 107 cm³/mol. The summed E-state index contributed by atoms with van der Waals surface area (Å²) in [4.78, 5) is 30.4. The lowest BCUT2D eigenvalue weighted by atomic mass is 9.97. The van der Waals surface area contributed by atoms with Crippen LogP contribution in [0.1, 0.15) is 31.7 Å². The van der Waals surface area contributed by atoms with Crippen molar-refractivity contribution in [2.45, 2.75) is 44.1 Å². The largest absolute Gasteiger partial charge is 0.469 e. The van der Waals surface area contributed by atoms with Crippen LogP contribution in [0.2, 0.25) is 0 Å².